The van der Waals surface area contributed by atoms with Gasteiger partial charge in [-0.1, -0.05) is 88.7 Å². The summed E-state index contributed by atoms with van der Waals surface area (Å²) in [6.07, 6.45) is 0. The number of rotatable bonds is 6. The summed E-state index contributed by atoms with van der Waals surface area (Å²) in [6.45, 7) is 0.481. The Hall–Kier alpha value is -2.39. The van der Waals surface area contributed by atoms with E-state index in [0.29, 0.717) is 17.9 Å². The summed E-state index contributed by atoms with van der Waals surface area (Å²) >= 11 is 3.50. The molecule has 3 aromatic rings. The molecule has 3 heteroatoms. The Kier molecular flexibility index (Phi) is 5.44. The topological polar surface area (TPSA) is 26.3 Å². The van der Waals surface area contributed by atoms with Gasteiger partial charge in [0.1, 0.15) is 17.2 Å². The molecule has 0 aliphatic carbocycles. The number of halogens is 1. The summed E-state index contributed by atoms with van der Waals surface area (Å²) in [4.78, 5) is 12.3. The molecule has 0 saturated carbocycles. The fourth-order valence-electron chi connectivity index (χ4n) is 2.40. The molecule has 0 N–H and O–H groups in total. The van der Waals surface area contributed by atoms with E-state index in [9.17, 15) is 4.79 Å². The summed E-state index contributed by atoms with van der Waals surface area (Å²) in [5, 5.41) is 0. The third kappa shape index (κ3) is 4.12. The van der Waals surface area contributed by atoms with E-state index in [2.05, 4.69) is 15.9 Å². The molecule has 0 heterocycles. The Balaban J connectivity index is 1.71. The number of carbonyl (C=O) groups excluding carboxylic acids is 1. The number of ketones is 1. The molecule has 3 aromatic carbocycles. The lowest BCUT2D eigenvalue weighted by molar-refractivity contribution is 0.0991. The fourth-order valence-corrected chi connectivity index (χ4v) is 2.97. The monoisotopic (exact) mass is 380 g/mol. The Morgan fingerprint density at radius 2 is 1.54 bits per heavy atom. The molecule has 0 spiro atoms. The Labute approximate surface area is 150 Å². The molecule has 0 radical (unpaired) electrons. The Bertz CT molecular complexity index is 800. The standard InChI is InChI=1S/C21H17BrO2/c22-20(17-10-5-2-6-11-17)21(23)18-12-7-13-19(14-18)24-15-16-8-3-1-4-9-16/h1-14,20H,15H2/t20-/m0/s1. The van der Waals surface area contributed by atoms with Gasteiger partial charge in [-0.15, -0.1) is 0 Å². The first-order chi connectivity index (χ1) is 11.7. The van der Waals surface area contributed by atoms with Gasteiger partial charge in [0, 0.05) is 5.56 Å². The van der Waals surface area contributed by atoms with E-state index in [0.717, 1.165) is 11.1 Å². The normalized spacial score (nSPS) is 11.7. The zero-order valence-electron chi connectivity index (χ0n) is 13.1. The van der Waals surface area contributed by atoms with Crippen LogP contribution in [0.5, 0.6) is 5.75 Å². The third-order valence-corrected chi connectivity index (χ3v) is 4.63. The summed E-state index contributed by atoms with van der Waals surface area (Å²) < 4.78 is 5.80. The van der Waals surface area contributed by atoms with Crippen molar-refractivity contribution in [3.8, 4) is 5.75 Å². The van der Waals surface area contributed by atoms with Crippen molar-refractivity contribution in [1.82, 2.24) is 0 Å². The molecule has 0 fully saturated rings. The van der Waals surface area contributed by atoms with Crippen molar-refractivity contribution in [2.24, 2.45) is 0 Å². The maximum absolute atomic E-state index is 12.7. The molecule has 0 aromatic heterocycles. The van der Waals surface area contributed by atoms with Crippen LogP contribution in [0.2, 0.25) is 0 Å². The smallest absolute Gasteiger partial charge is 0.181 e. The molecule has 0 saturated heterocycles. The fraction of sp³-hybridized carbons (Fsp3) is 0.0952. The lowest BCUT2D eigenvalue weighted by Crippen LogP contribution is -2.07. The summed E-state index contributed by atoms with van der Waals surface area (Å²) in [7, 11) is 0. The quantitative estimate of drug-likeness (QED) is 0.411. The first-order valence-electron chi connectivity index (χ1n) is 7.74. The van der Waals surface area contributed by atoms with Crippen LogP contribution >= 0.6 is 15.9 Å². The van der Waals surface area contributed by atoms with Crippen molar-refractivity contribution >= 4 is 21.7 Å². The van der Waals surface area contributed by atoms with Gasteiger partial charge in [-0.2, -0.15) is 0 Å². The molecule has 1 atom stereocenters. The molecule has 3 rings (SSSR count). The predicted molar refractivity (Wildman–Crippen MR) is 99.7 cm³/mol. The number of hydrogen-bond acceptors (Lipinski definition) is 2. The number of carbonyl (C=O) groups is 1. The van der Waals surface area contributed by atoms with E-state index in [4.69, 9.17) is 4.74 Å². The van der Waals surface area contributed by atoms with Crippen LogP contribution in [0.3, 0.4) is 0 Å². The highest BCUT2D eigenvalue weighted by Crippen LogP contribution is 2.28. The molecule has 2 nitrogen and oxygen atoms in total. The molecule has 0 bridgehead atoms. The van der Waals surface area contributed by atoms with Gasteiger partial charge in [-0.25, -0.2) is 0 Å². The van der Waals surface area contributed by atoms with Crippen molar-refractivity contribution in [1.29, 1.82) is 0 Å². The molecule has 0 amide bonds. The van der Waals surface area contributed by atoms with Crippen molar-refractivity contribution < 1.29 is 9.53 Å². The number of alkyl halides is 1. The molecular weight excluding hydrogens is 364 g/mol. The van der Waals surface area contributed by atoms with E-state index in [1.807, 2.05) is 78.9 Å². The van der Waals surface area contributed by atoms with Gasteiger partial charge in [0.25, 0.3) is 0 Å². The van der Waals surface area contributed by atoms with Crippen LogP contribution in [0.1, 0.15) is 26.3 Å². The van der Waals surface area contributed by atoms with E-state index < -0.39 is 0 Å². The minimum atomic E-state index is -0.358. The van der Waals surface area contributed by atoms with E-state index in [-0.39, 0.29) is 10.6 Å². The second-order valence-electron chi connectivity index (χ2n) is 5.44. The summed E-state index contributed by atoms with van der Waals surface area (Å²) in [6, 6.07) is 26.9. The maximum Gasteiger partial charge on any atom is 0.181 e. The second kappa shape index (κ2) is 7.93. The van der Waals surface area contributed by atoms with Crippen LogP contribution in [0, 0.1) is 0 Å². The highest BCUT2D eigenvalue weighted by Gasteiger charge is 2.19. The summed E-state index contributed by atoms with van der Waals surface area (Å²) in [5.41, 5.74) is 2.67. The van der Waals surface area contributed by atoms with Crippen LogP contribution < -0.4 is 4.74 Å². The zero-order valence-corrected chi connectivity index (χ0v) is 14.6. The van der Waals surface area contributed by atoms with Crippen molar-refractivity contribution in [3.63, 3.8) is 0 Å². The number of benzene rings is 3. The average Bonchev–Trinajstić information content (AvgIpc) is 2.67. The Morgan fingerprint density at radius 1 is 0.875 bits per heavy atom. The van der Waals surface area contributed by atoms with Gasteiger partial charge in [-0.3, -0.25) is 4.79 Å². The highest BCUT2D eigenvalue weighted by molar-refractivity contribution is 9.09. The van der Waals surface area contributed by atoms with Crippen molar-refractivity contribution in [3.05, 3.63) is 102 Å². The lowest BCUT2D eigenvalue weighted by Gasteiger charge is -2.11. The third-order valence-electron chi connectivity index (χ3n) is 3.69. The minimum absolute atomic E-state index is 0.0198. The number of ether oxygens (including phenoxy) is 1. The van der Waals surface area contributed by atoms with Gasteiger partial charge >= 0.3 is 0 Å². The minimum Gasteiger partial charge on any atom is -0.489 e. The van der Waals surface area contributed by atoms with Crippen LogP contribution in [-0.2, 0) is 6.61 Å². The van der Waals surface area contributed by atoms with Gasteiger partial charge in [0.05, 0.1) is 0 Å². The van der Waals surface area contributed by atoms with Gasteiger partial charge in [0.2, 0.25) is 0 Å². The second-order valence-corrected chi connectivity index (χ2v) is 6.36. The number of hydrogen-bond donors (Lipinski definition) is 0. The van der Waals surface area contributed by atoms with Gasteiger partial charge < -0.3 is 4.74 Å². The molecule has 0 aliphatic heterocycles. The van der Waals surface area contributed by atoms with Crippen LogP contribution in [0.25, 0.3) is 0 Å². The molecule has 0 aliphatic rings. The van der Waals surface area contributed by atoms with Crippen LogP contribution in [0.15, 0.2) is 84.9 Å². The number of Topliss-reactive ketones (excluding diaryl/α,β-unsaturated/α-hetero) is 1. The molecule has 24 heavy (non-hydrogen) atoms. The van der Waals surface area contributed by atoms with Crippen LogP contribution in [-0.4, -0.2) is 5.78 Å². The predicted octanol–water partition coefficient (Wildman–Crippen LogP) is 5.58. The van der Waals surface area contributed by atoms with Crippen molar-refractivity contribution in [2.45, 2.75) is 11.4 Å². The SMILES string of the molecule is O=C(c1cccc(OCc2ccccc2)c1)[C@@H](Br)c1ccccc1. The maximum atomic E-state index is 12.7. The van der Waals surface area contributed by atoms with Crippen LogP contribution in [0.4, 0.5) is 0 Å². The van der Waals surface area contributed by atoms with Gasteiger partial charge in [0.15, 0.2) is 5.78 Å². The van der Waals surface area contributed by atoms with Crippen molar-refractivity contribution in [2.75, 3.05) is 0 Å². The first-order valence-corrected chi connectivity index (χ1v) is 8.65. The largest absolute Gasteiger partial charge is 0.489 e. The van der Waals surface area contributed by atoms with E-state index in [1.54, 1.807) is 6.07 Å². The molecule has 0 unspecified atom stereocenters. The van der Waals surface area contributed by atoms with E-state index >= 15 is 0 Å². The highest BCUT2D eigenvalue weighted by atomic mass is 79.9. The first kappa shape index (κ1) is 16.5. The van der Waals surface area contributed by atoms with E-state index in [1.165, 1.54) is 0 Å². The lowest BCUT2D eigenvalue weighted by atomic mass is 10.0. The zero-order chi connectivity index (χ0) is 16.8. The molecule has 120 valence electrons. The van der Waals surface area contributed by atoms with Gasteiger partial charge in [-0.05, 0) is 23.3 Å². The molecular formula is C21H17BrO2. The average molecular weight is 381 g/mol. The Morgan fingerprint density at radius 3 is 2.25 bits per heavy atom. The summed E-state index contributed by atoms with van der Waals surface area (Å²) in [5.74, 6) is 0.712.